The van der Waals surface area contributed by atoms with Crippen molar-refractivity contribution in [2.75, 3.05) is 6.54 Å². The number of nitrogens with one attached hydrogen (secondary N) is 1. The van der Waals surface area contributed by atoms with Crippen LogP contribution in [0.5, 0.6) is 0 Å². The summed E-state index contributed by atoms with van der Waals surface area (Å²) < 4.78 is 0. The molecule has 22 heavy (non-hydrogen) atoms. The minimum Gasteiger partial charge on any atom is -0.358 e. The summed E-state index contributed by atoms with van der Waals surface area (Å²) in [6, 6.07) is 14.9. The van der Waals surface area contributed by atoms with Crippen molar-refractivity contribution in [1.82, 2.24) is 15.2 Å². The van der Waals surface area contributed by atoms with E-state index in [0.717, 1.165) is 24.6 Å². The van der Waals surface area contributed by atoms with Crippen LogP contribution in [-0.4, -0.2) is 21.5 Å². The highest BCUT2D eigenvalue weighted by Crippen LogP contribution is 2.30. The van der Waals surface area contributed by atoms with Gasteiger partial charge in [0.2, 0.25) is 0 Å². The summed E-state index contributed by atoms with van der Waals surface area (Å²) in [4.78, 5) is 6.58. The molecule has 1 fully saturated rings. The van der Waals surface area contributed by atoms with E-state index in [0.29, 0.717) is 6.04 Å². The Balaban J connectivity index is 1.66. The summed E-state index contributed by atoms with van der Waals surface area (Å²) in [5, 5.41) is 4.25. The number of rotatable bonds is 3. The molecule has 4 heteroatoms. The van der Waals surface area contributed by atoms with Gasteiger partial charge in [0, 0.05) is 25.5 Å². The normalized spacial score (nSPS) is 18.0. The van der Waals surface area contributed by atoms with E-state index < -0.39 is 0 Å². The van der Waals surface area contributed by atoms with Crippen LogP contribution in [0, 0.1) is 0 Å². The Hall–Kier alpha value is -1.94. The zero-order valence-corrected chi connectivity index (χ0v) is 13.4. The van der Waals surface area contributed by atoms with Gasteiger partial charge in [0.15, 0.2) is 5.11 Å². The van der Waals surface area contributed by atoms with Crippen molar-refractivity contribution < 1.29 is 0 Å². The lowest BCUT2D eigenvalue weighted by Crippen LogP contribution is -2.44. The number of aromatic nitrogens is 1. The van der Waals surface area contributed by atoms with E-state index in [1.165, 1.54) is 24.0 Å². The van der Waals surface area contributed by atoms with Gasteiger partial charge in [0.25, 0.3) is 0 Å². The van der Waals surface area contributed by atoms with Crippen LogP contribution in [0.4, 0.5) is 0 Å². The van der Waals surface area contributed by atoms with Crippen LogP contribution in [0.3, 0.4) is 0 Å². The first-order valence-electron chi connectivity index (χ1n) is 7.83. The first-order valence-corrected chi connectivity index (χ1v) is 8.24. The second-order valence-corrected chi connectivity index (χ2v) is 6.02. The van der Waals surface area contributed by atoms with Crippen LogP contribution in [0.15, 0.2) is 54.9 Å². The Morgan fingerprint density at radius 1 is 1.18 bits per heavy atom. The molecule has 1 atom stereocenters. The summed E-state index contributed by atoms with van der Waals surface area (Å²) in [5.74, 6) is 0. The number of thiocarbonyl (C=S) groups is 1. The standard InChI is InChI=1S/C18H21N3S/c22-18(20-13-15-7-2-1-3-8-15)21-12-5-4-10-17(21)16-9-6-11-19-14-16/h1-3,6-9,11,14,17H,4-5,10,12-13H2,(H,20,22). The van der Waals surface area contributed by atoms with Crippen molar-refractivity contribution in [1.29, 1.82) is 0 Å². The minimum absolute atomic E-state index is 0.346. The van der Waals surface area contributed by atoms with Crippen molar-refractivity contribution in [3.05, 3.63) is 66.0 Å². The first kappa shape index (κ1) is 15.0. The highest BCUT2D eigenvalue weighted by molar-refractivity contribution is 7.80. The number of likely N-dealkylation sites (tertiary alicyclic amines) is 1. The van der Waals surface area contributed by atoms with Crippen LogP contribution in [-0.2, 0) is 6.54 Å². The number of nitrogens with zero attached hydrogens (tertiary/aromatic N) is 2. The average molecular weight is 311 g/mol. The molecule has 0 radical (unpaired) electrons. The molecular weight excluding hydrogens is 290 g/mol. The molecule has 1 aliphatic rings. The van der Waals surface area contributed by atoms with Crippen molar-refractivity contribution in [2.24, 2.45) is 0 Å². The fraction of sp³-hybridized carbons (Fsp3) is 0.333. The third kappa shape index (κ3) is 3.63. The molecule has 1 unspecified atom stereocenters. The summed E-state index contributed by atoms with van der Waals surface area (Å²) >= 11 is 5.64. The maximum absolute atomic E-state index is 5.64. The van der Waals surface area contributed by atoms with E-state index in [2.05, 4.69) is 45.5 Å². The van der Waals surface area contributed by atoms with Gasteiger partial charge in [-0.05, 0) is 48.7 Å². The molecule has 1 N–H and O–H groups in total. The predicted octanol–water partition coefficient (Wildman–Crippen LogP) is 3.68. The fourth-order valence-corrected chi connectivity index (χ4v) is 3.26. The van der Waals surface area contributed by atoms with Gasteiger partial charge in [-0.1, -0.05) is 36.4 Å². The van der Waals surface area contributed by atoms with Crippen LogP contribution in [0.2, 0.25) is 0 Å². The van der Waals surface area contributed by atoms with Crippen LogP contribution in [0.1, 0.15) is 36.4 Å². The molecule has 1 aromatic heterocycles. The molecule has 0 saturated carbocycles. The molecule has 1 aromatic carbocycles. The largest absolute Gasteiger partial charge is 0.358 e. The lowest BCUT2D eigenvalue weighted by atomic mass is 9.97. The van der Waals surface area contributed by atoms with Crippen LogP contribution in [0.25, 0.3) is 0 Å². The lowest BCUT2D eigenvalue weighted by Gasteiger charge is -2.37. The van der Waals surface area contributed by atoms with Crippen LogP contribution < -0.4 is 5.32 Å². The van der Waals surface area contributed by atoms with Crippen molar-refractivity contribution >= 4 is 17.3 Å². The van der Waals surface area contributed by atoms with Gasteiger partial charge in [-0.3, -0.25) is 4.98 Å². The van der Waals surface area contributed by atoms with E-state index in [1.54, 1.807) is 0 Å². The van der Waals surface area contributed by atoms with Gasteiger partial charge < -0.3 is 10.2 Å². The Labute approximate surface area is 137 Å². The van der Waals surface area contributed by atoms with Gasteiger partial charge in [-0.2, -0.15) is 0 Å². The molecule has 2 aromatic rings. The van der Waals surface area contributed by atoms with Crippen molar-refractivity contribution in [3.63, 3.8) is 0 Å². The molecule has 114 valence electrons. The molecule has 3 rings (SSSR count). The molecule has 3 nitrogen and oxygen atoms in total. The lowest BCUT2D eigenvalue weighted by molar-refractivity contribution is 0.241. The zero-order valence-electron chi connectivity index (χ0n) is 12.6. The van der Waals surface area contributed by atoms with Crippen molar-refractivity contribution in [3.8, 4) is 0 Å². The quantitative estimate of drug-likeness (QED) is 0.875. The molecule has 0 spiro atoms. The second-order valence-electron chi connectivity index (χ2n) is 5.64. The fourth-order valence-electron chi connectivity index (χ4n) is 2.97. The highest BCUT2D eigenvalue weighted by atomic mass is 32.1. The molecule has 1 saturated heterocycles. The number of benzene rings is 1. The van der Waals surface area contributed by atoms with Gasteiger partial charge in [-0.15, -0.1) is 0 Å². The number of hydrogen-bond acceptors (Lipinski definition) is 2. The highest BCUT2D eigenvalue weighted by Gasteiger charge is 2.25. The molecular formula is C18H21N3S. The topological polar surface area (TPSA) is 28.2 Å². The van der Waals surface area contributed by atoms with E-state index in [9.17, 15) is 0 Å². The third-order valence-electron chi connectivity index (χ3n) is 4.12. The molecule has 0 amide bonds. The average Bonchev–Trinajstić information content (AvgIpc) is 2.61. The Morgan fingerprint density at radius 3 is 2.82 bits per heavy atom. The number of pyridine rings is 1. The van der Waals surface area contributed by atoms with Gasteiger partial charge >= 0.3 is 0 Å². The first-order chi connectivity index (χ1) is 10.8. The van der Waals surface area contributed by atoms with E-state index >= 15 is 0 Å². The predicted molar refractivity (Wildman–Crippen MR) is 93.4 cm³/mol. The summed E-state index contributed by atoms with van der Waals surface area (Å²) in [6.45, 7) is 1.79. The smallest absolute Gasteiger partial charge is 0.169 e. The van der Waals surface area contributed by atoms with Gasteiger partial charge in [-0.25, -0.2) is 0 Å². The maximum atomic E-state index is 5.64. The Bertz CT molecular complexity index is 600. The van der Waals surface area contributed by atoms with E-state index in [4.69, 9.17) is 12.2 Å². The van der Waals surface area contributed by atoms with Crippen LogP contribution >= 0.6 is 12.2 Å². The van der Waals surface area contributed by atoms with Gasteiger partial charge in [0.05, 0.1) is 6.04 Å². The Morgan fingerprint density at radius 2 is 2.05 bits per heavy atom. The Kier molecular flexibility index (Phi) is 5.01. The van der Waals surface area contributed by atoms with E-state index in [1.807, 2.05) is 24.5 Å². The summed E-state index contributed by atoms with van der Waals surface area (Å²) in [6.07, 6.45) is 7.37. The number of hydrogen-bond donors (Lipinski definition) is 1. The molecule has 1 aliphatic heterocycles. The summed E-state index contributed by atoms with van der Waals surface area (Å²) in [7, 11) is 0. The summed E-state index contributed by atoms with van der Waals surface area (Å²) in [5.41, 5.74) is 2.51. The minimum atomic E-state index is 0.346. The van der Waals surface area contributed by atoms with Gasteiger partial charge in [0.1, 0.15) is 0 Å². The third-order valence-corrected chi connectivity index (χ3v) is 4.50. The second kappa shape index (κ2) is 7.36. The SMILES string of the molecule is S=C(NCc1ccccc1)N1CCCCC1c1cccnc1. The number of piperidine rings is 1. The monoisotopic (exact) mass is 311 g/mol. The molecule has 2 heterocycles. The molecule has 0 bridgehead atoms. The van der Waals surface area contributed by atoms with Crippen molar-refractivity contribution in [2.45, 2.75) is 31.8 Å². The maximum Gasteiger partial charge on any atom is 0.169 e. The van der Waals surface area contributed by atoms with E-state index in [-0.39, 0.29) is 0 Å². The molecule has 0 aliphatic carbocycles. The zero-order chi connectivity index (χ0) is 15.2.